The molecule has 2 aromatic rings. The molecule has 1 heterocycles. The number of ether oxygens (including phenoxy) is 1. The van der Waals surface area contributed by atoms with Gasteiger partial charge in [-0.15, -0.1) is 24.0 Å². The molecule has 2 unspecified atom stereocenters. The van der Waals surface area contributed by atoms with Gasteiger partial charge in [-0.1, -0.05) is 42.5 Å². The number of nitrogens with one attached hydrogen (secondary N) is 1. The van der Waals surface area contributed by atoms with Gasteiger partial charge < -0.3 is 20.1 Å². The Bertz CT molecular complexity index is 737. The monoisotopic (exact) mass is 495 g/mol. The number of likely N-dealkylation sites (tertiary alicyclic amines) is 1. The quantitative estimate of drug-likeness (QED) is 0.364. The summed E-state index contributed by atoms with van der Waals surface area (Å²) in [6.45, 7) is 5.14. The predicted molar refractivity (Wildman–Crippen MR) is 125 cm³/mol. The van der Waals surface area contributed by atoms with E-state index in [1.807, 2.05) is 24.3 Å². The summed E-state index contributed by atoms with van der Waals surface area (Å²) in [6, 6.07) is 18.1. The number of aliphatic hydroxyl groups excluding tert-OH is 1. The maximum atomic E-state index is 10.5. The lowest BCUT2D eigenvalue weighted by molar-refractivity contribution is 0.186. The van der Waals surface area contributed by atoms with Gasteiger partial charge in [-0.3, -0.25) is 4.99 Å². The average Bonchev–Trinajstić information content (AvgIpc) is 3.21. The lowest BCUT2D eigenvalue weighted by Gasteiger charge is -2.22. The van der Waals surface area contributed by atoms with E-state index in [9.17, 15) is 5.11 Å². The SMILES string of the molecule is CCNC(=NCC(O)c1ccc(OC)cc1)N1CCC(c2ccccc2)C1.I. The normalized spacial score (nSPS) is 17.8. The molecule has 0 saturated carbocycles. The lowest BCUT2D eigenvalue weighted by atomic mass is 9.99. The van der Waals surface area contributed by atoms with Crippen molar-refractivity contribution in [2.24, 2.45) is 4.99 Å². The third-order valence-corrected chi connectivity index (χ3v) is 5.01. The van der Waals surface area contributed by atoms with Gasteiger partial charge in [-0.2, -0.15) is 0 Å². The molecule has 0 amide bonds. The molecule has 0 aromatic heterocycles. The second kappa shape index (κ2) is 11.3. The van der Waals surface area contributed by atoms with E-state index in [1.165, 1.54) is 5.56 Å². The zero-order chi connectivity index (χ0) is 19.1. The van der Waals surface area contributed by atoms with Gasteiger partial charge in [0.05, 0.1) is 19.8 Å². The Morgan fingerprint density at radius 2 is 1.93 bits per heavy atom. The van der Waals surface area contributed by atoms with Crippen LogP contribution >= 0.6 is 24.0 Å². The summed E-state index contributed by atoms with van der Waals surface area (Å²) in [4.78, 5) is 6.99. The summed E-state index contributed by atoms with van der Waals surface area (Å²) in [7, 11) is 1.64. The van der Waals surface area contributed by atoms with E-state index in [0.29, 0.717) is 12.5 Å². The summed E-state index contributed by atoms with van der Waals surface area (Å²) >= 11 is 0. The Hall–Kier alpha value is -1.80. The smallest absolute Gasteiger partial charge is 0.194 e. The minimum Gasteiger partial charge on any atom is -0.497 e. The van der Waals surface area contributed by atoms with Crippen LogP contribution in [0.15, 0.2) is 59.6 Å². The van der Waals surface area contributed by atoms with E-state index >= 15 is 0 Å². The Morgan fingerprint density at radius 1 is 1.21 bits per heavy atom. The molecule has 0 spiro atoms. The van der Waals surface area contributed by atoms with Crippen LogP contribution in [0.4, 0.5) is 0 Å². The fourth-order valence-corrected chi connectivity index (χ4v) is 3.48. The van der Waals surface area contributed by atoms with E-state index in [-0.39, 0.29) is 24.0 Å². The van der Waals surface area contributed by atoms with Gasteiger partial charge in [0.2, 0.25) is 0 Å². The number of halogens is 1. The molecule has 2 aromatic carbocycles. The molecule has 1 saturated heterocycles. The van der Waals surface area contributed by atoms with Crippen LogP contribution in [0, 0.1) is 0 Å². The molecule has 0 radical (unpaired) electrons. The highest BCUT2D eigenvalue weighted by Gasteiger charge is 2.26. The third-order valence-electron chi connectivity index (χ3n) is 5.01. The Kier molecular flexibility index (Phi) is 9.05. The number of methoxy groups -OCH3 is 1. The minimum atomic E-state index is -0.628. The van der Waals surface area contributed by atoms with Crippen LogP contribution in [-0.2, 0) is 0 Å². The van der Waals surface area contributed by atoms with Gasteiger partial charge in [-0.25, -0.2) is 0 Å². The van der Waals surface area contributed by atoms with E-state index in [1.54, 1.807) is 7.11 Å². The number of nitrogens with zero attached hydrogens (tertiary/aromatic N) is 2. The van der Waals surface area contributed by atoms with Gasteiger partial charge in [0.25, 0.3) is 0 Å². The fourth-order valence-electron chi connectivity index (χ4n) is 3.48. The molecule has 2 atom stereocenters. The van der Waals surface area contributed by atoms with Crippen LogP contribution in [0.25, 0.3) is 0 Å². The number of rotatable bonds is 6. The van der Waals surface area contributed by atoms with Crippen molar-refractivity contribution in [3.8, 4) is 5.75 Å². The number of hydrogen-bond donors (Lipinski definition) is 2. The maximum Gasteiger partial charge on any atom is 0.194 e. The number of guanidine groups is 1. The topological polar surface area (TPSA) is 57.1 Å². The molecular weight excluding hydrogens is 465 g/mol. The molecule has 1 aliphatic heterocycles. The molecule has 1 aliphatic rings. The molecule has 1 fully saturated rings. The van der Waals surface area contributed by atoms with Gasteiger partial charge in [0, 0.05) is 25.6 Å². The molecule has 0 bridgehead atoms. The molecule has 28 heavy (non-hydrogen) atoms. The van der Waals surface area contributed by atoms with Crippen LogP contribution in [0.2, 0.25) is 0 Å². The molecule has 6 heteroatoms. The van der Waals surface area contributed by atoms with Crippen molar-refractivity contribution in [2.75, 3.05) is 33.3 Å². The summed E-state index contributed by atoms with van der Waals surface area (Å²) in [6.07, 6.45) is 0.493. The minimum absolute atomic E-state index is 0. The summed E-state index contributed by atoms with van der Waals surface area (Å²) in [5.74, 6) is 2.19. The van der Waals surface area contributed by atoms with Crippen molar-refractivity contribution >= 4 is 29.9 Å². The summed E-state index contributed by atoms with van der Waals surface area (Å²) < 4.78 is 5.17. The first kappa shape index (κ1) is 22.5. The van der Waals surface area contributed by atoms with Crippen molar-refractivity contribution in [3.05, 3.63) is 65.7 Å². The summed E-state index contributed by atoms with van der Waals surface area (Å²) in [5, 5.41) is 13.8. The van der Waals surface area contributed by atoms with Crippen molar-refractivity contribution in [3.63, 3.8) is 0 Å². The number of hydrogen-bond acceptors (Lipinski definition) is 3. The van der Waals surface area contributed by atoms with Crippen LogP contribution in [0.3, 0.4) is 0 Å². The third kappa shape index (κ3) is 5.85. The summed E-state index contributed by atoms with van der Waals surface area (Å²) in [5.41, 5.74) is 2.23. The van der Waals surface area contributed by atoms with Crippen molar-refractivity contribution in [1.29, 1.82) is 0 Å². The second-order valence-corrected chi connectivity index (χ2v) is 6.83. The first-order valence-electron chi connectivity index (χ1n) is 9.61. The highest BCUT2D eigenvalue weighted by Crippen LogP contribution is 2.27. The van der Waals surface area contributed by atoms with Crippen molar-refractivity contribution in [2.45, 2.75) is 25.4 Å². The van der Waals surface area contributed by atoms with Crippen LogP contribution < -0.4 is 10.1 Å². The van der Waals surface area contributed by atoms with E-state index < -0.39 is 6.10 Å². The van der Waals surface area contributed by atoms with Crippen molar-refractivity contribution < 1.29 is 9.84 Å². The number of aliphatic hydroxyl groups is 1. The van der Waals surface area contributed by atoms with E-state index in [2.05, 4.69) is 47.5 Å². The molecule has 2 N–H and O–H groups in total. The molecular formula is C22H30IN3O2. The highest BCUT2D eigenvalue weighted by atomic mass is 127. The molecule has 152 valence electrons. The Labute approximate surface area is 184 Å². The molecule has 3 rings (SSSR count). The van der Waals surface area contributed by atoms with Crippen LogP contribution in [0.1, 0.15) is 36.5 Å². The highest BCUT2D eigenvalue weighted by molar-refractivity contribution is 14.0. The fraction of sp³-hybridized carbons (Fsp3) is 0.409. The Morgan fingerprint density at radius 3 is 2.57 bits per heavy atom. The van der Waals surface area contributed by atoms with Gasteiger partial charge in [0.15, 0.2) is 5.96 Å². The molecule has 5 nitrogen and oxygen atoms in total. The van der Waals surface area contributed by atoms with E-state index in [0.717, 1.165) is 43.3 Å². The molecule has 0 aliphatic carbocycles. The van der Waals surface area contributed by atoms with Crippen LogP contribution in [0.5, 0.6) is 5.75 Å². The predicted octanol–water partition coefficient (Wildman–Crippen LogP) is 3.80. The second-order valence-electron chi connectivity index (χ2n) is 6.83. The standard InChI is InChI=1S/C22H29N3O2.HI/c1-3-23-22(24-15-21(26)18-9-11-20(27-2)12-10-18)25-14-13-19(16-25)17-7-5-4-6-8-17;/h4-12,19,21,26H,3,13-16H2,1-2H3,(H,23,24);1H. The average molecular weight is 495 g/mol. The Balaban J connectivity index is 0.00000280. The largest absolute Gasteiger partial charge is 0.497 e. The van der Waals surface area contributed by atoms with Gasteiger partial charge >= 0.3 is 0 Å². The lowest BCUT2D eigenvalue weighted by Crippen LogP contribution is -2.40. The zero-order valence-electron chi connectivity index (χ0n) is 16.5. The first-order chi connectivity index (χ1) is 13.2. The van der Waals surface area contributed by atoms with Crippen LogP contribution in [-0.4, -0.2) is 49.3 Å². The van der Waals surface area contributed by atoms with Gasteiger partial charge in [-0.05, 0) is 36.6 Å². The van der Waals surface area contributed by atoms with Crippen molar-refractivity contribution in [1.82, 2.24) is 10.2 Å². The zero-order valence-corrected chi connectivity index (χ0v) is 18.9. The number of benzene rings is 2. The van der Waals surface area contributed by atoms with Gasteiger partial charge in [0.1, 0.15) is 5.75 Å². The van der Waals surface area contributed by atoms with E-state index in [4.69, 9.17) is 9.73 Å². The number of aliphatic imine (C=N–C) groups is 1. The maximum absolute atomic E-state index is 10.5. The first-order valence-corrected chi connectivity index (χ1v) is 9.61.